The molecule has 0 spiro atoms. The predicted octanol–water partition coefficient (Wildman–Crippen LogP) is 0.474. The zero-order valence-electron chi connectivity index (χ0n) is 8.76. The van der Waals surface area contributed by atoms with Crippen LogP contribution >= 0.6 is 0 Å². The van der Waals surface area contributed by atoms with Crippen LogP contribution in [-0.4, -0.2) is 40.6 Å². The molecule has 0 radical (unpaired) electrons. The van der Waals surface area contributed by atoms with Crippen molar-refractivity contribution < 1.29 is 5.11 Å². The van der Waals surface area contributed by atoms with Crippen molar-refractivity contribution in [1.29, 1.82) is 0 Å². The van der Waals surface area contributed by atoms with Gasteiger partial charge in [-0.25, -0.2) is 0 Å². The van der Waals surface area contributed by atoms with E-state index in [0.29, 0.717) is 10.7 Å². The molecule has 0 aliphatic carbocycles. The number of benzene rings is 1. The first-order valence-electron chi connectivity index (χ1n) is 5.49. The molecular formula is C12H18AsNO. The Hall–Kier alpha value is -0.302. The second-order valence-corrected chi connectivity index (χ2v) is 5.86. The Morgan fingerprint density at radius 3 is 2.73 bits per heavy atom. The van der Waals surface area contributed by atoms with Crippen molar-refractivity contribution in [2.45, 2.75) is 29.7 Å². The van der Waals surface area contributed by atoms with Gasteiger partial charge in [-0.3, -0.25) is 0 Å². The zero-order chi connectivity index (χ0) is 10.7. The molecule has 1 aliphatic rings. The minimum atomic E-state index is -0.146. The molecule has 0 bridgehead atoms. The van der Waals surface area contributed by atoms with Crippen molar-refractivity contribution in [3.05, 3.63) is 35.9 Å². The summed E-state index contributed by atoms with van der Waals surface area (Å²) in [4.78, 5) is 0. The van der Waals surface area contributed by atoms with E-state index in [1.165, 1.54) is 5.56 Å². The summed E-state index contributed by atoms with van der Waals surface area (Å²) in [5.74, 6) is 0. The van der Waals surface area contributed by atoms with E-state index in [9.17, 15) is 5.11 Å². The van der Waals surface area contributed by atoms with Crippen LogP contribution in [0.25, 0.3) is 0 Å². The Labute approximate surface area is 99.6 Å². The Bertz CT molecular complexity index is 304. The topological polar surface area (TPSA) is 32.3 Å². The first-order chi connectivity index (χ1) is 7.27. The molecule has 0 saturated carbocycles. The van der Waals surface area contributed by atoms with Gasteiger partial charge >= 0.3 is 99.4 Å². The van der Waals surface area contributed by atoms with Crippen LogP contribution in [0.1, 0.15) is 23.1 Å². The fraction of sp³-hybridized carbons (Fsp3) is 0.500. The van der Waals surface area contributed by atoms with Crippen LogP contribution in [0.2, 0.25) is 0 Å². The van der Waals surface area contributed by atoms with Crippen LogP contribution in [0, 0.1) is 0 Å². The average Bonchev–Trinajstić information content (AvgIpc) is 2.66. The molecule has 0 aromatic heterocycles. The summed E-state index contributed by atoms with van der Waals surface area (Å²) in [5, 5.41) is 13.1. The van der Waals surface area contributed by atoms with Crippen molar-refractivity contribution in [3.8, 4) is 0 Å². The Morgan fingerprint density at radius 1 is 1.40 bits per heavy atom. The molecule has 1 saturated heterocycles. The quantitative estimate of drug-likeness (QED) is 0.780. The molecule has 82 valence electrons. The third kappa shape index (κ3) is 2.84. The molecule has 2 rings (SSSR count). The molecular weight excluding hydrogens is 249 g/mol. The first-order valence-corrected chi connectivity index (χ1v) is 6.89. The normalized spacial score (nSPS) is 27.9. The van der Waals surface area contributed by atoms with E-state index in [-0.39, 0.29) is 6.10 Å². The molecule has 1 fully saturated rings. The van der Waals surface area contributed by atoms with Crippen molar-refractivity contribution in [2.75, 3.05) is 6.54 Å². The van der Waals surface area contributed by atoms with Crippen LogP contribution in [0.5, 0.6) is 0 Å². The van der Waals surface area contributed by atoms with E-state index in [1.54, 1.807) is 16.9 Å². The number of nitrogens with one attached hydrogen (secondary N) is 1. The molecule has 15 heavy (non-hydrogen) atoms. The monoisotopic (exact) mass is 267 g/mol. The van der Waals surface area contributed by atoms with Crippen LogP contribution < -0.4 is 5.32 Å². The summed E-state index contributed by atoms with van der Waals surface area (Å²) >= 11 is 1.74. The molecule has 3 heteroatoms. The van der Waals surface area contributed by atoms with Gasteiger partial charge < -0.3 is 0 Å². The van der Waals surface area contributed by atoms with Gasteiger partial charge in [-0.2, -0.15) is 0 Å². The summed E-state index contributed by atoms with van der Waals surface area (Å²) in [6.07, 6.45) is 1.80. The summed E-state index contributed by atoms with van der Waals surface area (Å²) in [6.45, 7) is 0.959. The molecule has 1 aliphatic heterocycles. The summed E-state index contributed by atoms with van der Waals surface area (Å²) < 4.78 is 0.573. The molecule has 1 heterocycles. The third-order valence-electron chi connectivity index (χ3n) is 3.05. The molecule has 1 aromatic rings. The number of hydrogen-bond donors (Lipinski definition) is 2. The number of aliphatic hydroxyl groups excluding tert-OH is 1. The van der Waals surface area contributed by atoms with E-state index < -0.39 is 0 Å². The van der Waals surface area contributed by atoms with Gasteiger partial charge in [-0.1, -0.05) is 0 Å². The molecule has 4 atom stereocenters. The van der Waals surface area contributed by atoms with Gasteiger partial charge in [0.2, 0.25) is 0 Å². The third-order valence-corrected chi connectivity index (χ3v) is 4.43. The molecule has 1 aromatic carbocycles. The predicted molar refractivity (Wildman–Crippen MR) is 64.8 cm³/mol. The van der Waals surface area contributed by atoms with E-state index in [1.807, 2.05) is 6.07 Å². The van der Waals surface area contributed by atoms with Gasteiger partial charge in [0, 0.05) is 0 Å². The second-order valence-electron chi connectivity index (χ2n) is 4.17. The van der Waals surface area contributed by atoms with E-state index >= 15 is 0 Å². The number of rotatable bonds is 3. The average molecular weight is 267 g/mol. The van der Waals surface area contributed by atoms with Gasteiger partial charge in [0.05, 0.1) is 0 Å². The summed E-state index contributed by atoms with van der Waals surface area (Å²) in [6, 6.07) is 10.9. The molecule has 2 N–H and O–H groups in total. The van der Waals surface area contributed by atoms with Gasteiger partial charge in [-0.05, 0) is 0 Å². The maximum atomic E-state index is 9.73. The van der Waals surface area contributed by atoms with Gasteiger partial charge in [-0.15, -0.1) is 0 Å². The first kappa shape index (κ1) is 11.2. The zero-order valence-corrected chi connectivity index (χ0v) is 11.2. The van der Waals surface area contributed by atoms with Gasteiger partial charge in [0.1, 0.15) is 0 Å². The van der Waals surface area contributed by atoms with Crippen LogP contribution in [0.3, 0.4) is 0 Å². The van der Waals surface area contributed by atoms with E-state index in [4.69, 9.17) is 0 Å². The van der Waals surface area contributed by atoms with Crippen molar-refractivity contribution in [3.63, 3.8) is 0 Å². The maximum absolute atomic E-state index is 9.73. The molecule has 0 amide bonds. The van der Waals surface area contributed by atoms with Gasteiger partial charge in [0.15, 0.2) is 0 Å². The van der Waals surface area contributed by atoms with Crippen LogP contribution in [0.4, 0.5) is 0 Å². The summed E-state index contributed by atoms with van der Waals surface area (Å²) in [7, 11) is 0. The van der Waals surface area contributed by atoms with E-state index in [2.05, 4.69) is 29.6 Å². The fourth-order valence-electron chi connectivity index (χ4n) is 2.10. The standard InChI is InChI=1S/C12H18AsNO/c13-10(9-4-2-1-3-5-9)8-11-12(15)6-7-14-11/h1-5,10-12,14-15H,6-8,13H2/t10?,11-,12-/m0/s1. The molecule has 2 unspecified atom stereocenters. The Balaban J connectivity index is 1.95. The van der Waals surface area contributed by atoms with E-state index in [0.717, 1.165) is 19.4 Å². The van der Waals surface area contributed by atoms with Crippen LogP contribution in [-0.2, 0) is 0 Å². The van der Waals surface area contributed by atoms with Crippen molar-refractivity contribution in [2.24, 2.45) is 0 Å². The van der Waals surface area contributed by atoms with Gasteiger partial charge in [0.25, 0.3) is 0 Å². The fourth-order valence-corrected chi connectivity index (χ4v) is 3.19. The van der Waals surface area contributed by atoms with Crippen molar-refractivity contribution >= 4 is 16.9 Å². The SMILES string of the molecule is O[C@H]1CCN[C@H]1CC([AsH2])c1ccccc1. The summed E-state index contributed by atoms with van der Waals surface area (Å²) in [5.41, 5.74) is 1.39. The molecule has 2 nitrogen and oxygen atoms in total. The number of hydrogen-bond acceptors (Lipinski definition) is 2. The minimum absolute atomic E-state index is 0.146. The van der Waals surface area contributed by atoms with Crippen LogP contribution in [0.15, 0.2) is 30.3 Å². The van der Waals surface area contributed by atoms with Crippen molar-refractivity contribution in [1.82, 2.24) is 5.32 Å². The Morgan fingerprint density at radius 2 is 2.13 bits per heavy atom. The second kappa shape index (κ2) is 5.16. The number of aliphatic hydroxyl groups is 1. The Kier molecular flexibility index (Phi) is 3.85.